The van der Waals surface area contributed by atoms with Crippen molar-refractivity contribution in [2.24, 2.45) is 0 Å². The summed E-state index contributed by atoms with van der Waals surface area (Å²) in [5, 5.41) is 12.6. The van der Waals surface area contributed by atoms with Gasteiger partial charge in [0, 0.05) is 12.5 Å². The molecule has 0 aromatic carbocycles. The second kappa shape index (κ2) is 3.93. The van der Waals surface area contributed by atoms with E-state index in [9.17, 15) is 0 Å². The van der Waals surface area contributed by atoms with Gasteiger partial charge < -0.3 is 4.52 Å². The van der Waals surface area contributed by atoms with Crippen molar-refractivity contribution in [3.63, 3.8) is 0 Å². The first-order valence-corrected chi connectivity index (χ1v) is 4.66. The number of hydrogen-bond acceptors (Lipinski definition) is 4. The molecule has 2 rings (SSSR count). The van der Waals surface area contributed by atoms with Crippen molar-refractivity contribution in [2.45, 2.75) is 13.3 Å². The van der Waals surface area contributed by atoms with Crippen LogP contribution in [0.3, 0.4) is 0 Å². The molecule has 4 heteroatoms. The van der Waals surface area contributed by atoms with E-state index in [1.807, 2.05) is 19.1 Å². The lowest BCUT2D eigenvalue weighted by Gasteiger charge is -1.93. The Labute approximate surface area is 87.2 Å². The third-order valence-electron chi connectivity index (χ3n) is 2.03. The lowest BCUT2D eigenvalue weighted by Crippen LogP contribution is -1.86. The Bertz CT molecular complexity index is 511. The van der Waals surface area contributed by atoms with Crippen LogP contribution in [0.25, 0.3) is 11.4 Å². The van der Waals surface area contributed by atoms with Gasteiger partial charge in [-0.1, -0.05) is 18.1 Å². The van der Waals surface area contributed by atoms with Crippen LogP contribution in [0.1, 0.15) is 18.4 Å². The molecule has 0 radical (unpaired) electrons. The Morgan fingerprint density at radius 2 is 2.27 bits per heavy atom. The van der Waals surface area contributed by atoms with Gasteiger partial charge in [-0.2, -0.15) is 5.26 Å². The number of aryl methyl sites for hydroxylation is 1. The van der Waals surface area contributed by atoms with Gasteiger partial charge in [-0.3, -0.25) is 0 Å². The van der Waals surface area contributed by atoms with E-state index in [1.54, 1.807) is 18.2 Å². The Morgan fingerprint density at radius 1 is 1.40 bits per heavy atom. The summed E-state index contributed by atoms with van der Waals surface area (Å²) in [5.74, 6) is 0.814. The number of nitriles is 1. The van der Waals surface area contributed by atoms with Crippen LogP contribution in [0.4, 0.5) is 0 Å². The molecular formula is C11H9N3O. The van der Waals surface area contributed by atoms with Crippen molar-refractivity contribution in [1.29, 1.82) is 5.26 Å². The molecule has 2 heterocycles. The summed E-state index contributed by atoms with van der Waals surface area (Å²) in [6, 6.07) is 9.06. The maximum Gasteiger partial charge on any atom is 0.141 e. The molecule has 0 fully saturated rings. The van der Waals surface area contributed by atoms with Gasteiger partial charge in [0.15, 0.2) is 0 Å². The first-order valence-electron chi connectivity index (χ1n) is 4.66. The molecule has 0 aliphatic heterocycles. The molecule has 0 atom stereocenters. The first-order chi connectivity index (χ1) is 7.33. The molecule has 0 unspecified atom stereocenters. The molecule has 0 bridgehead atoms. The van der Waals surface area contributed by atoms with Crippen LogP contribution in [0.5, 0.6) is 0 Å². The second-order valence-electron chi connectivity index (χ2n) is 3.05. The maximum atomic E-state index is 8.70. The van der Waals surface area contributed by atoms with Gasteiger partial charge in [-0.25, -0.2) is 4.98 Å². The number of rotatable bonds is 2. The normalized spacial score (nSPS) is 9.87. The van der Waals surface area contributed by atoms with Crippen LogP contribution < -0.4 is 0 Å². The Hall–Kier alpha value is -2.15. The second-order valence-corrected chi connectivity index (χ2v) is 3.05. The lowest BCUT2D eigenvalue weighted by molar-refractivity contribution is 0.389. The van der Waals surface area contributed by atoms with Gasteiger partial charge in [0.05, 0.1) is 5.69 Å². The van der Waals surface area contributed by atoms with Crippen molar-refractivity contribution >= 4 is 0 Å². The van der Waals surface area contributed by atoms with E-state index in [4.69, 9.17) is 9.78 Å². The fourth-order valence-electron chi connectivity index (χ4n) is 1.24. The largest absolute Gasteiger partial charge is 0.361 e. The van der Waals surface area contributed by atoms with E-state index in [-0.39, 0.29) is 0 Å². The fraction of sp³-hybridized carbons (Fsp3) is 0.182. The van der Waals surface area contributed by atoms with Gasteiger partial charge in [0.25, 0.3) is 0 Å². The number of hydrogen-bond donors (Lipinski definition) is 0. The van der Waals surface area contributed by atoms with E-state index >= 15 is 0 Å². The summed E-state index contributed by atoms with van der Waals surface area (Å²) in [5.41, 5.74) is 1.72. The molecule has 0 aliphatic rings. The number of pyridine rings is 1. The van der Waals surface area contributed by atoms with Gasteiger partial charge >= 0.3 is 0 Å². The van der Waals surface area contributed by atoms with E-state index in [0.717, 1.165) is 12.2 Å². The molecule has 0 saturated heterocycles. The standard InChI is InChI=1S/C11H9N3O/c1-2-9-6-11(14-15-9)10-5-3-4-8(7-12)13-10/h3-6H,2H2,1H3. The summed E-state index contributed by atoms with van der Waals surface area (Å²) >= 11 is 0. The monoisotopic (exact) mass is 199 g/mol. The smallest absolute Gasteiger partial charge is 0.141 e. The average Bonchev–Trinajstić information content (AvgIpc) is 2.78. The van der Waals surface area contributed by atoms with Crippen molar-refractivity contribution in [2.75, 3.05) is 0 Å². The van der Waals surface area contributed by atoms with Crippen LogP contribution in [-0.2, 0) is 6.42 Å². The number of aromatic nitrogens is 2. The van der Waals surface area contributed by atoms with Crippen molar-refractivity contribution < 1.29 is 4.52 Å². The topological polar surface area (TPSA) is 62.7 Å². The zero-order valence-corrected chi connectivity index (χ0v) is 8.27. The first kappa shape index (κ1) is 9.41. The van der Waals surface area contributed by atoms with E-state index in [1.165, 1.54) is 0 Å². The maximum absolute atomic E-state index is 8.70. The predicted molar refractivity (Wildman–Crippen MR) is 53.8 cm³/mol. The molecule has 2 aromatic heterocycles. The summed E-state index contributed by atoms with van der Waals surface area (Å²) < 4.78 is 5.07. The number of nitrogens with zero attached hydrogens (tertiary/aromatic N) is 3. The van der Waals surface area contributed by atoms with Crippen LogP contribution in [0.15, 0.2) is 28.8 Å². The Morgan fingerprint density at radius 3 is 2.93 bits per heavy atom. The highest BCUT2D eigenvalue weighted by atomic mass is 16.5. The van der Waals surface area contributed by atoms with Gasteiger partial charge in [0.1, 0.15) is 23.2 Å². The summed E-state index contributed by atoms with van der Waals surface area (Å²) in [6.07, 6.45) is 0.797. The minimum Gasteiger partial charge on any atom is -0.361 e. The molecule has 74 valence electrons. The summed E-state index contributed by atoms with van der Waals surface area (Å²) in [7, 11) is 0. The van der Waals surface area contributed by atoms with E-state index in [2.05, 4.69) is 10.1 Å². The van der Waals surface area contributed by atoms with E-state index < -0.39 is 0 Å². The lowest BCUT2D eigenvalue weighted by atomic mass is 10.2. The molecule has 0 amide bonds. The third kappa shape index (κ3) is 1.86. The summed E-state index contributed by atoms with van der Waals surface area (Å²) in [4.78, 5) is 4.13. The fourth-order valence-corrected chi connectivity index (χ4v) is 1.24. The quantitative estimate of drug-likeness (QED) is 0.743. The molecule has 0 N–H and O–H groups in total. The zero-order chi connectivity index (χ0) is 10.7. The molecule has 4 nitrogen and oxygen atoms in total. The van der Waals surface area contributed by atoms with Crippen molar-refractivity contribution in [3.8, 4) is 17.5 Å². The van der Waals surface area contributed by atoms with Gasteiger partial charge in [0.2, 0.25) is 0 Å². The highest BCUT2D eigenvalue weighted by molar-refractivity contribution is 5.54. The Balaban J connectivity index is 2.41. The molecule has 0 saturated carbocycles. The molecule has 2 aromatic rings. The minimum absolute atomic E-state index is 0.383. The van der Waals surface area contributed by atoms with Gasteiger partial charge in [-0.15, -0.1) is 0 Å². The molecule has 0 spiro atoms. The van der Waals surface area contributed by atoms with E-state index in [0.29, 0.717) is 17.1 Å². The highest BCUT2D eigenvalue weighted by Gasteiger charge is 2.06. The van der Waals surface area contributed by atoms with Crippen LogP contribution >= 0.6 is 0 Å². The van der Waals surface area contributed by atoms with Gasteiger partial charge in [-0.05, 0) is 12.1 Å². The Kier molecular flexibility index (Phi) is 2.46. The molecular weight excluding hydrogens is 190 g/mol. The predicted octanol–water partition coefficient (Wildman–Crippen LogP) is 2.17. The zero-order valence-electron chi connectivity index (χ0n) is 8.27. The highest BCUT2D eigenvalue weighted by Crippen LogP contribution is 2.17. The third-order valence-corrected chi connectivity index (χ3v) is 2.03. The SMILES string of the molecule is CCc1cc(-c2cccc(C#N)n2)no1. The minimum atomic E-state index is 0.383. The molecule has 0 aliphatic carbocycles. The summed E-state index contributed by atoms with van der Waals surface area (Å²) in [6.45, 7) is 1.99. The molecule has 15 heavy (non-hydrogen) atoms. The van der Waals surface area contributed by atoms with Crippen LogP contribution in [-0.4, -0.2) is 10.1 Å². The van der Waals surface area contributed by atoms with Crippen LogP contribution in [0, 0.1) is 11.3 Å². The van der Waals surface area contributed by atoms with Crippen molar-refractivity contribution in [3.05, 3.63) is 35.7 Å². The van der Waals surface area contributed by atoms with Crippen LogP contribution in [0.2, 0.25) is 0 Å². The van der Waals surface area contributed by atoms with Crippen molar-refractivity contribution in [1.82, 2.24) is 10.1 Å². The average molecular weight is 199 g/mol.